The van der Waals surface area contributed by atoms with E-state index in [1.807, 2.05) is 6.07 Å². The average Bonchev–Trinajstić information content (AvgIpc) is 2.27. The van der Waals surface area contributed by atoms with Crippen molar-refractivity contribution in [3.8, 4) is 11.5 Å². The summed E-state index contributed by atoms with van der Waals surface area (Å²) in [6, 6.07) is 10.3. The molecule has 1 nitrogen and oxygen atoms in total. The zero-order valence-corrected chi connectivity index (χ0v) is 12.1. The van der Waals surface area contributed by atoms with Gasteiger partial charge in [0.25, 0.3) is 0 Å². The van der Waals surface area contributed by atoms with Crippen LogP contribution in [0.1, 0.15) is 5.56 Å². The summed E-state index contributed by atoms with van der Waals surface area (Å²) in [5.41, 5.74) is 0.845. The third kappa shape index (κ3) is 3.46. The average molecular weight is 322 g/mol. The molecule has 0 saturated carbocycles. The minimum absolute atomic E-state index is 0.334. The lowest BCUT2D eigenvalue weighted by atomic mass is 10.2. The first-order valence-corrected chi connectivity index (χ1v) is 6.73. The summed E-state index contributed by atoms with van der Waals surface area (Å²) in [6.45, 7) is 0. The van der Waals surface area contributed by atoms with Crippen LogP contribution in [0, 0.1) is 0 Å². The third-order valence-electron chi connectivity index (χ3n) is 2.24. The summed E-state index contributed by atoms with van der Waals surface area (Å²) in [6.07, 6.45) is 0. The van der Waals surface area contributed by atoms with E-state index in [9.17, 15) is 0 Å². The van der Waals surface area contributed by atoms with Gasteiger partial charge in [-0.05, 0) is 30.3 Å². The highest BCUT2D eigenvalue weighted by molar-refractivity contribution is 6.34. The molecule has 0 N–H and O–H groups in total. The molecular weight excluding hydrogens is 314 g/mol. The van der Waals surface area contributed by atoms with Gasteiger partial charge in [0.05, 0.1) is 5.88 Å². The number of ether oxygens (including phenoxy) is 1. The van der Waals surface area contributed by atoms with Gasteiger partial charge in [0.2, 0.25) is 0 Å². The van der Waals surface area contributed by atoms with Gasteiger partial charge in [0.15, 0.2) is 0 Å². The minimum atomic E-state index is 0.334. The molecule has 0 fully saturated rings. The van der Waals surface area contributed by atoms with Crippen LogP contribution < -0.4 is 4.74 Å². The van der Waals surface area contributed by atoms with Crippen LogP contribution in [0.2, 0.25) is 15.1 Å². The van der Waals surface area contributed by atoms with Crippen LogP contribution in [0.15, 0.2) is 36.4 Å². The van der Waals surface area contributed by atoms with Crippen LogP contribution in [0.25, 0.3) is 0 Å². The van der Waals surface area contributed by atoms with Gasteiger partial charge in [-0.3, -0.25) is 0 Å². The Bertz CT molecular complexity index is 549. The molecule has 0 atom stereocenters. The molecule has 0 heterocycles. The van der Waals surface area contributed by atoms with Gasteiger partial charge in [0, 0.05) is 20.6 Å². The zero-order chi connectivity index (χ0) is 13.1. The van der Waals surface area contributed by atoms with E-state index < -0.39 is 0 Å². The van der Waals surface area contributed by atoms with Gasteiger partial charge in [0.1, 0.15) is 11.5 Å². The second-order valence-electron chi connectivity index (χ2n) is 3.59. The number of alkyl halides is 1. The van der Waals surface area contributed by atoms with Gasteiger partial charge in [-0.15, -0.1) is 11.6 Å². The third-order valence-corrected chi connectivity index (χ3v) is 3.20. The smallest absolute Gasteiger partial charge is 0.133 e. The van der Waals surface area contributed by atoms with E-state index in [-0.39, 0.29) is 0 Å². The van der Waals surface area contributed by atoms with Crippen LogP contribution in [-0.2, 0) is 5.88 Å². The second kappa shape index (κ2) is 6.03. The summed E-state index contributed by atoms with van der Waals surface area (Å²) in [5, 5.41) is 1.59. The van der Waals surface area contributed by atoms with Gasteiger partial charge in [-0.25, -0.2) is 0 Å². The van der Waals surface area contributed by atoms with E-state index in [2.05, 4.69) is 0 Å². The Morgan fingerprint density at radius 3 is 2.11 bits per heavy atom. The second-order valence-corrected chi connectivity index (χ2v) is 5.17. The Morgan fingerprint density at radius 2 is 1.50 bits per heavy atom. The molecule has 0 amide bonds. The predicted octanol–water partition coefficient (Wildman–Crippen LogP) is 6.18. The Balaban J connectivity index is 2.35. The molecule has 2 rings (SSSR count). The van der Waals surface area contributed by atoms with Crippen molar-refractivity contribution in [2.24, 2.45) is 0 Å². The van der Waals surface area contributed by atoms with E-state index in [1.165, 1.54) is 0 Å². The summed E-state index contributed by atoms with van der Waals surface area (Å²) < 4.78 is 5.71. The maximum Gasteiger partial charge on any atom is 0.133 e. The highest BCUT2D eigenvalue weighted by atomic mass is 35.5. The van der Waals surface area contributed by atoms with Crippen molar-refractivity contribution in [2.45, 2.75) is 5.88 Å². The van der Waals surface area contributed by atoms with Crippen LogP contribution in [0.4, 0.5) is 0 Å². The van der Waals surface area contributed by atoms with Crippen LogP contribution in [0.3, 0.4) is 0 Å². The lowest BCUT2D eigenvalue weighted by molar-refractivity contribution is 0.478. The molecule has 18 heavy (non-hydrogen) atoms. The molecule has 5 heteroatoms. The number of benzene rings is 2. The summed E-state index contributed by atoms with van der Waals surface area (Å²) in [7, 11) is 0. The molecule has 0 aromatic heterocycles. The molecule has 2 aromatic carbocycles. The lowest BCUT2D eigenvalue weighted by Crippen LogP contribution is -1.90. The van der Waals surface area contributed by atoms with Crippen molar-refractivity contribution in [1.29, 1.82) is 0 Å². The van der Waals surface area contributed by atoms with Crippen LogP contribution in [0.5, 0.6) is 11.5 Å². The minimum Gasteiger partial charge on any atom is -0.457 e. The topological polar surface area (TPSA) is 9.23 Å². The van der Waals surface area contributed by atoms with Gasteiger partial charge in [-0.2, -0.15) is 0 Å². The summed E-state index contributed by atoms with van der Waals surface area (Å²) in [5.74, 6) is 1.47. The standard InChI is InChI=1S/C13H8Cl4O/c14-7-8-1-2-9(15)6-13(8)18-12-4-10(16)3-11(17)5-12/h1-6H,7H2. The van der Waals surface area contributed by atoms with Crippen LogP contribution >= 0.6 is 46.4 Å². The number of hydrogen-bond acceptors (Lipinski definition) is 1. The Labute approximate surface area is 125 Å². The maximum atomic E-state index is 5.93. The van der Waals surface area contributed by atoms with Crippen molar-refractivity contribution in [3.05, 3.63) is 57.0 Å². The lowest BCUT2D eigenvalue weighted by Gasteiger charge is -2.10. The zero-order valence-electron chi connectivity index (χ0n) is 9.09. The van der Waals surface area contributed by atoms with E-state index in [1.54, 1.807) is 30.3 Å². The normalized spacial score (nSPS) is 10.4. The number of hydrogen-bond donors (Lipinski definition) is 0. The van der Waals surface area contributed by atoms with Gasteiger partial charge in [-0.1, -0.05) is 40.9 Å². The molecule has 94 valence electrons. The molecule has 0 spiro atoms. The molecular formula is C13H8Cl4O. The molecule has 0 aliphatic carbocycles. The summed E-state index contributed by atoms with van der Waals surface area (Å²) in [4.78, 5) is 0. The largest absolute Gasteiger partial charge is 0.457 e. The Hall–Kier alpha value is -0.600. The van der Waals surface area contributed by atoms with E-state index >= 15 is 0 Å². The van der Waals surface area contributed by atoms with Crippen molar-refractivity contribution < 1.29 is 4.74 Å². The first-order chi connectivity index (χ1) is 8.58. The Morgan fingerprint density at radius 1 is 0.833 bits per heavy atom. The van der Waals surface area contributed by atoms with Gasteiger partial charge >= 0.3 is 0 Å². The predicted molar refractivity (Wildman–Crippen MR) is 77.5 cm³/mol. The highest BCUT2D eigenvalue weighted by Crippen LogP contribution is 2.32. The fourth-order valence-electron chi connectivity index (χ4n) is 1.45. The van der Waals surface area contributed by atoms with E-state index in [0.717, 1.165) is 5.56 Å². The maximum absolute atomic E-state index is 5.93. The fourth-order valence-corrected chi connectivity index (χ4v) is 2.34. The molecule has 2 aromatic rings. The number of rotatable bonds is 3. The van der Waals surface area contributed by atoms with Crippen molar-refractivity contribution in [1.82, 2.24) is 0 Å². The highest BCUT2D eigenvalue weighted by Gasteiger charge is 2.07. The monoisotopic (exact) mass is 320 g/mol. The molecule has 0 bridgehead atoms. The molecule has 0 aliphatic rings. The van der Waals surface area contributed by atoms with E-state index in [4.69, 9.17) is 51.1 Å². The van der Waals surface area contributed by atoms with Crippen molar-refractivity contribution in [3.63, 3.8) is 0 Å². The first kappa shape index (κ1) is 13.8. The molecule has 0 saturated heterocycles. The van der Waals surface area contributed by atoms with Crippen molar-refractivity contribution in [2.75, 3.05) is 0 Å². The van der Waals surface area contributed by atoms with Crippen molar-refractivity contribution >= 4 is 46.4 Å². The fraction of sp³-hybridized carbons (Fsp3) is 0.0769. The van der Waals surface area contributed by atoms with E-state index in [0.29, 0.717) is 32.4 Å². The first-order valence-electron chi connectivity index (χ1n) is 5.07. The SMILES string of the molecule is ClCc1ccc(Cl)cc1Oc1cc(Cl)cc(Cl)c1. The Kier molecular flexibility index (Phi) is 4.63. The molecule has 0 unspecified atom stereocenters. The number of halogens is 4. The van der Waals surface area contributed by atoms with Gasteiger partial charge < -0.3 is 4.74 Å². The molecule has 0 radical (unpaired) electrons. The van der Waals surface area contributed by atoms with Crippen LogP contribution in [-0.4, -0.2) is 0 Å². The summed E-state index contributed by atoms with van der Waals surface area (Å²) >= 11 is 23.6. The molecule has 0 aliphatic heterocycles. The quantitative estimate of drug-likeness (QED) is 0.613.